The van der Waals surface area contributed by atoms with Crippen LogP contribution >= 0.6 is 0 Å². The van der Waals surface area contributed by atoms with Crippen molar-refractivity contribution in [3.05, 3.63) is 71.8 Å². The van der Waals surface area contributed by atoms with E-state index in [-0.39, 0.29) is 22.2 Å². The molecule has 0 fully saturated rings. The molecule has 2 rings (SSSR count). The molecular weight excluding hydrogens is 581 g/mol. The maximum atomic E-state index is 14.3. The zero-order valence-corrected chi connectivity index (χ0v) is 29.6. The van der Waals surface area contributed by atoms with Crippen molar-refractivity contribution >= 4 is 34.4 Å². The average Bonchev–Trinajstić information content (AvgIpc) is 2.92. The number of benzene rings is 2. The van der Waals surface area contributed by atoms with Crippen molar-refractivity contribution in [1.82, 2.24) is 0 Å². The van der Waals surface area contributed by atoms with Gasteiger partial charge in [0.2, 0.25) is 5.78 Å². The van der Waals surface area contributed by atoms with Gasteiger partial charge in [-0.3, -0.25) is 4.79 Å². The Morgan fingerprint density at radius 3 is 1.56 bits per heavy atom. The summed E-state index contributed by atoms with van der Waals surface area (Å²) in [6.07, 6.45) is -5.47. The number of carbonyl (C=O) groups excluding carboxylic acids is 3. The zero-order valence-electron chi connectivity index (χ0n) is 27.6. The Bertz CT molecular complexity index is 1220. The first kappa shape index (κ1) is 36.6. The lowest BCUT2D eigenvalue weighted by Crippen LogP contribution is -2.56. The smallest absolute Gasteiger partial charge is 0.338 e. The van der Waals surface area contributed by atoms with E-state index in [2.05, 4.69) is 20.8 Å². The number of rotatable bonds is 13. The summed E-state index contributed by atoms with van der Waals surface area (Å²) in [4.78, 5) is 40.3. The molecule has 0 unspecified atom stereocenters. The maximum absolute atomic E-state index is 14.3. The standard InChI is InChI=1S/C33H50O8Si2/c1-23(39-30(36)24-18-14-12-15-19-24)27(34)29(41-43(10,11)33(5,6)7)28(35)26(22-38-42(8,9)32(2,3)4)40-31(37)25-20-16-13-17-21-25/h12-21,23,26-27,29,34H,22H2,1-11H3/t23-,26+,27-,29-/m1/s1. The molecule has 10 heteroatoms. The van der Waals surface area contributed by atoms with Gasteiger partial charge in [-0.25, -0.2) is 9.59 Å². The molecule has 0 aromatic heterocycles. The number of ether oxygens (including phenoxy) is 2. The molecule has 0 bridgehead atoms. The van der Waals surface area contributed by atoms with Crippen LogP contribution in [0.3, 0.4) is 0 Å². The summed E-state index contributed by atoms with van der Waals surface area (Å²) in [5.41, 5.74) is 0.590. The number of hydrogen-bond donors (Lipinski definition) is 1. The Labute approximate surface area is 259 Å². The van der Waals surface area contributed by atoms with Crippen molar-refractivity contribution < 1.29 is 37.8 Å². The van der Waals surface area contributed by atoms with Crippen molar-refractivity contribution in [2.75, 3.05) is 6.61 Å². The normalized spacial score (nSPS) is 15.6. The Kier molecular flexibility index (Phi) is 12.3. The highest BCUT2D eigenvalue weighted by Crippen LogP contribution is 2.39. The molecule has 4 atom stereocenters. The highest BCUT2D eigenvalue weighted by Gasteiger charge is 2.47. The minimum atomic E-state index is -2.68. The number of aliphatic hydroxyl groups is 1. The Balaban J connectivity index is 2.48. The van der Waals surface area contributed by atoms with E-state index >= 15 is 0 Å². The van der Waals surface area contributed by atoms with Gasteiger partial charge in [-0.05, 0) is 67.5 Å². The van der Waals surface area contributed by atoms with Crippen LogP contribution < -0.4 is 0 Å². The van der Waals surface area contributed by atoms with E-state index in [0.717, 1.165) is 0 Å². The Hall–Kier alpha value is -2.64. The van der Waals surface area contributed by atoms with E-state index in [1.165, 1.54) is 6.92 Å². The van der Waals surface area contributed by atoms with Gasteiger partial charge >= 0.3 is 11.9 Å². The molecule has 0 aliphatic carbocycles. The first-order valence-corrected chi connectivity index (χ1v) is 20.6. The number of ketones is 1. The van der Waals surface area contributed by atoms with Crippen LogP contribution in [-0.2, 0) is 23.1 Å². The van der Waals surface area contributed by atoms with Crippen molar-refractivity contribution in [3.8, 4) is 0 Å². The SMILES string of the molecule is C[C@@H](OC(=O)c1ccccc1)[C@@H](O)[C@@H](O[Si](C)(C)C(C)(C)C)C(=O)[C@H](CO[Si](C)(C)C(C)(C)C)OC(=O)c1ccccc1. The van der Waals surface area contributed by atoms with Crippen molar-refractivity contribution in [3.63, 3.8) is 0 Å². The van der Waals surface area contributed by atoms with Crippen LogP contribution in [0.2, 0.25) is 36.3 Å². The maximum Gasteiger partial charge on any atom is 0.338 e. The summed E-state index contributed by atoms with van der Waals surface area (Å²) < 4.78 is 24.2. The molecule has 0 spiro atoms. The van der Waals surface area contributed by atoms with Crippen LogP contribution in [-0.4, -0.2) is 70.5 Å². The molecule has 8 nitrogen and oxygen atoms in total. The van der Waals surface area contributed by atoms with Gasteiger partial charge in [0.05, 0.1) is 17.7 Å². The molecule has 0 aliphatic rings. The van der Waals surface area contributed by atoms with Gasteiger partial charge in [-0.15, -0.1) is 0 Å². The van der Waals surface area contributed by atoms with Gasteiger partial charge in [0.15, 0.2) is 22.7 Å². The fourth-order valence-corrected chi connectivity index (χ4v) is 5.79. The van der Waals surface area contributed by atoms with E-state index in [1.807, 2.05) is 47.0 Å². The van der Waals surface area contributed by atoms with Crippen LogP contribution in [0.4, 0.5) is 0 Å². The van der Waals surface area contributed by atoms with Gasteiger partial charge in [0, 0.05) is 0 Å². The summed E-state index contributed by atoms with van der Waals surface area (Å²) >= 11 is 0. The number of carbonyl (C=O) groups is 3. The fraction of sp³-hybridized carbons (Fsp3) is 0.545. The van der Waals surface area contributed by atoms with E-state index in [0.29, 0.717) is 5.56 Å². The molecule has 0 radical (unpaired) electrons. The lowest BCUT2D eigenvalue weighted by molar-refractivity contribution is -0.147. The minimum absolute atomic E-state index is 0.166. The topological polar surface area (TPSA) is 108 Å². The number of Topliss-reactive ketones (excluding diaryl/α,β-unsaturated/α-hetero) is 1. The van der Waals surface area contributed by atoms with Crippen LogP contribution in [0.25, 0.3) is 0 Å². The monoisotopic (exact) mass is 630 g/mol. The third-order valence-corrected chi connectivity index (χ3v) is 17.5. The molecule has 2 aromatic carbocycles. The number of aliphatic hydroxyl groups excluding tert-OH is 1. The summed E-state index contributed by atoms with van der Waals surface area (Å²) in [5, 5.41) is 11.1. The minimum Gasteiger partial charge on any atom is -0.456 e. The van der Waals surface area contributed by atoms with Gasteiger partial charge < -0.3 is 23.4 Å². The zero-order chi connectivity index (χ0) is 32.8. The first-order valence-electron chi connectivity index (χ1n) is 14.7. The lowest BCUT2D eigenvalue weighted by Gasteiger charge is -2.41. The second-order valence-corrected chi connectivity index (χ2v) is 23.6. The number of esters is 2. The summed E-state index contributed by atoms with van der Waals surface area (Å²) in [6, 6.07) is 16.8. The van der Waals surface area contributed by atoms with Crippen LogP contribution in [0, 0.1) is 0 Å². The summed E-state index contributed by atoms with van der Waals surface area (Å²) in [5.74, 6) is -1.98. The van der Waals surface area contributed by atoms with Gasteiger partial charge in [0.25, 0.3) is 0 Å². The Morgan fingerprint density at radius 2 is 1.14 bits per heavy atom. The molecule has 43 heavy (non-hydrogen) atoms. The molecule has 0 saturated carbocycles. The third-order valence-electron chi connectivity index (χ3n) is 8.58. The van der Waals surface area contributed by atoms with E-state index < -0.39 is 58.8 Å². The molecule has 0 aliphatic heterocycles. The van der Waals surface area contributed by atoms with Crippen molar-refractivity contribution in [2.45, 2.75) is 109 Å². The van der Waals surface area contributed by atoms with Crippen LogP contribution in [0.5, 0.6) is 0 Å². The number of hydrogen-bond acceptors (Lipinski definition) is 8. The van der Waals surface area contributed by atoms with E-state index in [1.54, 1.807) is 60.7 Å². The fourth-order valence-electron chi connectivity index (χ4n) is 3.55. The molecule has 0 heterocycles. The average molecular weight is 631 g/mol. The molecule has 2 aromatic rings. The van der Waals surface area contributed by atoms with E-state index in [4.69, 9.17) is 18.3 Å². The van der Waals surface area contributed by atoms with Gasteiger partial charge in [0.1, 0.15) is 18.3 Å². The molecule has 238 valence electrons. The predicted octanol–water partition coefficient (Wildman–Crippen LogP) is 6.80. The highest BCUT2D eigenvalue weighted by molar-refractivity contribution is 6.74. The van der Waals surface area contributed by atoms with Crippen LogP contribution in [0.15, 0.2) is 60.7 Å². The molecular formula is C33H50O8Si2. The molecule has 0 saturated heterocycles. The predicted molar refractivity (Wildman–Crippen MR) is 173 cm³/mol. The summed E-state index contributed by atoms with van der Waals surface area (Å²) in [6.45, 7) is 21.6. The molecule has 0 amide bonds. The quantitative estimate of drug-likeness (QED) is 0.190. The van der Waals surface area contributed by atoms with Gasteiger partial charge in [-0.1, -0.05) is 77.9 Å². The van der Waals surface area contributed by atoms with Crippen molar-refractivity contribution in [2.24, 2.45) is 0 Å². The van der Waals surface area contributed by atoms with Gasteiger partial charge in [-0.2, -0.15) is 0 Å². The summed E-state index contributed by atoms with van der Waals surface area (Å²) in [7, 11) is -5.05. The largest absolute Gasteiger partial charge is 0.456 e. The molecule has 1 N–H and O–H groups in total. The highest BCUT2D eigenvalue weighted by atomic mass is 28.4. The third kappa shape index (κ3) is 9.94. The lowest BCUT2D eigenvalue weighted by atomic mass is 10.0. The van der Waals surface area contributed by atoms with Crippen molar-refractivity contribution in [1.29, 1.82) is 0 Å². The second-order valence-electron chi connectivity index (χ2n) is 14.0. The van der Waals surface area contributed by atoms with E-state index in [9.17, 15) is 19.5 Å². The second kappa shape index (κ2) is 14.4. The first-order chi connectivity index (χ1) is 19.7. The van der Waals surface area contributed by atoms with Crippen LogP contribution in [0.1, 0.15) is 69.2 Å². The Morgan fingerprint density at radius 1 is 0.721 bits per heavy atom.